The van der Waals surface area contributed by atoms with Gasteiger partial charge in [0.1, 0.15) is 0 Å². The van der Waals surface area contributed by atoms with Crippen molar-refractivity contribution in [2.75, 3.05) is 33.4 Å². The van der Waals surface area contributed by atoms with Gasteiger partial charge in [-0.15, -0.1) is 0 Å². The molecule has 112 valence electrons. The lowest BCUT2D eigenvalue weighted by Gasteiger charge is -2.25. The van der Waals surface area contributed by atoms with Crippen LogP contribution in [0, 0.1) is 0 Å². The molecule has 0 saturated heterocycles. The molecule has 1 N–H and O–H groups in total. The second-order valence-corrected chi connectivity index (χ2v) is 5.29. The summed E-state index contributed by atoms with van der Waals surface area (Å²) in [7, 11) is 1.74. The van der Waals surface area contributed by atoms with Gasteiger partial charge in [0, 0.05) is 38.5 Å². The Kier molecular flexibility index (Phi) is 5.76. The smallest absolute Gasteiger partial charge is 0.0733 e. The van der Waals surface area contributed by atoms with E-state index >= 15 is 0 Å². The average Bonchev–Trinajstić information content (AvgIpc) is 2.94. The van der Waals surface area contributed by atoms with E-state index < -0.39 is 0 Å². The lowest BCUT2D eigenvalue weighted by molar-refractivity contribution is 0.145. The summed E-state index contributed by atoms with van der Waals surface area (Å²) in [6.07, 6.45) is 7.70. The van der Waals surface area contributed by atoms with Crippen molar-refractivity contribution < 1.29 is 9.84 Å². The van der Waals surface area contributed by atoms with Gasteiger partial charge in [-0.1, -0.05) is 13.0 Å². The van der Waals surface area contributed by atoms with E-state index in [2.05, 4.69) is 16.1 Å². The minimum atomic E-state index is -0.312. The lowest BCUT2D eigenvalue weighted by atomic mass is 10.0. The van der Waals surface area contributed by atoms with E-state index in [9.17, 15) is 5.11 Å². The molecule has 1 aromatic rings. The van der Waals surface area contributed by atoms with Crippen molar-refractivity contribution in [2.45, 2.75) is 32.4 Å². The normalized spacial score (nSPS) is 18.1. The Balaban J connectivity index is 1.91. The topological polar surface area (TPSA) is 50.5 Å². The number of methoxy groups -OCH3 is 1. The van der Waals surface area contributed by atoms with Gasteiger partial charge in [0.15, 0.2) is 0 Å². The van der Waals surface area contributed by atoms with E-state index in [1.165, 1.54) is 11.1 Å². The molecule has 2 rings (SSSR count). The van der Waals surface area contributed by atoms with Crippen LogP contribution in [0.4, 0.5) is 0 Å². The molecule has 5 nitrogen and oxygen atoms in total. The van der Waals surface area contributed by atoms with Crippen molar-refractivity contribution in [1.82, 2.24) is 14.7 Å². The number of aliphatic hydroxyl groups excluding tert-OH is 1. The third-order valence-corrected chi connectivity index (χ3v) is 3.78. The number of aromatic nitrogens is 2. The van der Waals surface area contributed by atoms with E-state index in [0.717, 1.165) is 39.1 Å². The fourth-order valence-corrected chi connectivity index (χ4v) is 2.37. The summed E-state index contributed by atoms with van der Waals surface area (Å²) in [4.78, 5) is 2.39. The first-order valence-electron chi connectivity index (χ1n) is 7.34. The molecule has 20 heavy (non-hydrogen) atoms. The second kappa shape index (κ2) is 7.57. The number of ether oxygens (including phenoxy) is 1. The van der Waals surface area contributed by atoms with Crippen molar-refractivity contribution in [3.63, 3.8) is 0 Å². The predicted molar refractivity (Wildman–Crippen MR) is 79.4 cm³/mol. The van der Waals surface area contributed by atoms with Gasteiger partial charge in [-0.25, -0.2) is 0 Å². The summed E-state index contributed by atoms with van der Waals surface area (Å²) in [5, 5.41) is 14.0. The summed E-state index contributed by atoms with van der Waals surface area (Å²) in [5.41, 5.74) is 2.54. The van der Waals surface area contributed by atoms with E-state index in [0.29, 0.717) is 6.54 Å². The number of hydrogen-bond donors (Lipinski definition) is 1. The summed E-state index contributed by atoms with van der Waals surface area (Å²) >= 11 is 0. The van der Waals surface area contributed by atoms with Gasteiger partial charge >= 0.3 is 0 Å². The van der Waals surface area contributed by atoms with Crippen LogP contribution in [-0.4, -0.2) is 59.2 Å². The number of hydrogen-bond acceptors (Lipinski definition) is 4. The monoisotopic (exact) mass is 279 g/mol. The summed E-state index contributed by atoms with van der Waals surface area (Å²) in [6.45, 7) is 6.37. The van der Waals surface area contributed by atoms with E-state index in [4.69, 9.17) is 4.74 Å². The first-order chi connectivity index (χ1) is 9.72. The molecule has 0 aliphatic carbocycles. The molecule has 0 fully saturated rings. The van der Waals surface area contributed by atoms with Gasteiger partial charge in [0.25, 0.3) is 0 Å². The van der Waals surface area contributed by atoms with Gasteiger partial charge in [-0.05, 0) is 18.4 Å². The van der Waals surface area contributed by atoms with E-state index in [1.807, 2.05) is 24.0 Å². The van der Waals surface area contributed by atoms with Gasteiger partial charge in [0.2, 0.25) is 0 Å². The maximum absolute atomic E-state index is 9.65. The standard InChI is InChI=1S/C15H25N3O2/c1-3-15(19)12-18-11-14(10-16-18)13-4-6-17(7-5-13)8-9-20-2/h4,10-11,15,19H,3,5-9,12H2,1-2H3/t15-/m0/s1. The maximum atomic E-state index is 9.65. The molecule has 0 spiro atoms. The Hall–Kier alpha value is -1.17. The molecular formula is C15H25N3O2. The Labute approximate surface area is 120 Å². The molecule has 0 aromatic carbocycles. The van der Waals surface area contributed by atoms with Crippen LogP contribution in [0.1, 0.15) is 25.3 Å². The van der Waals surface area contributed by atoms with Crippen molar-refractivity contribution in [1.29, 1.82) is 0 Å². The molecule has 1 atom stereocenters. The van der Waals surface area contributed by atoms with Crippen LogP contribution in [0.25, 0.3) is 5.57 Å². The zero-order valence-corrected chi connectivity index (χ0v) is 12.5. The molecule has 5 heteroatoms. The zero-order valence-electron chi connectivity index (χ0n) is 12.5. The lowest BCUT2D eigenvalue weighted by Crippen LogP contribution is -2.31. The summed E-state index contributed by atoms with van der Waals surface area (Å²) < 4.78 is 6.94. The Morgan fingerprint density at radius 1 is 1.50 bits per heavy atom. The molecule has 1 aromatic heterocycles. The van der Waals surface area contributed by atoms with Crippen molar-refractivity contribution in [3.05, 3.63) is 24.0 Å². The quantitative estimate of drug-likeness (QED) is 0.819. The Morgan fingerprint density at radius 2 is 2.35 bits per heavy atom. The molecule has 0 unspecified atom stereocenters. The fraction of sp³-hybridized carbons (Fsp3) is 0.667. The minimum Gasteiger partial charge on any atom is -0.391 e. The molecule has 0 saturated carbocycles. The first-order valence-corrected chi connectivity index (χ1v) is 7.34. The number of nitrogens with zero attached hydrogens (tertiary/aromatic N) is 3. The van der Waals surface area contributed by atoms with Gasteiger partial charge in [-0.3, -0.25) is 9.58 Å². The zero-order chi connectivity index (χ0) is 14.4. The minimum absolute atomic E-state index is 0.312. The SMILES string of the molecule is CC[C@H](O)Cn1cc(C2=CCN(CCOC)CC2)cn1. The van der Waals surface area contributed by atoms with Crippen LogP contribution in [0.5, 0.6) is 0 Å². The first kappa shape index (κ1) is 15.2. The number of rotatable bonds is 7. The summed E-state index contributed by atoms with van der Waals surface area (Å²) in [5.74, 6) is 0. The van der Waals surface area contributed by atoms with Crippen LogP contribution in [0.15, 0.2) is 18.5 Å². The highest BCUT2D eigenvalue weighted by molar-refractivity contribution is 5.65. The predicted octanol–water partition coefficient (Wildman–Crippen LogP) is 1.39. The average molecular weight is 279 g/mol. The molecule has 0 amide bonds. The highest BCUT2D eigenvalue weighted by atomic mass is 16.5. The largest absolute Gasteiger partial charge is 0.391 e. The second-order valence-electron chi connectivity index (χ2n) is 5.29. The molecule has 1 aliphatic heterocycles. The van der Waals surface area contributed by atoms with Crippen LogP contribution in [-0.2, 0) is 11.3 Å². The Morgan fingerprint density at radius 3 is 3.00 bits per heavy atom. The van der Waals surface area contributed by atoms with E-state index in [-0.39, 0.29) is 6.10 Å². The van der Waals surface area contributed by atoms with Crippen LogP contribution in [0.3, 0.4) is 0 Å². The molecule has 2 heterocycles. The van der Waals surface area contributed by atoms with Crippen molar-refractivity contribution >= 4 is 5.57 Å². The van der Waals surface area contributed by atoms with Gasteiger partial charge < -0.3 is 9.84 Å². The fourth-order valence-electron chi connectivity index (χ4n) is 2.37. The van der Waals surface area contributed by atoms with Crippen LogP contribution in [0.2, 0.25) is 0 Å². The molecule has 0 radical (unpaired) electrons. The maximum Gasteiger partial charge on any atom is 0.0733 e. The van der Waals surface area contributed by atoms with Crippen molar-refractivity contribution in [3.8, 4) is 0 Å². The highest BCUT2D eigenvalue weighted by Gasteiger charge is 2.14. The molecular weight excluding hydrogens is 254 g/mol. The van der Waals surface area contributed by atoms with Crippen LogP contribution < -0.4 is 0 Å². The van der Waals surface area contributed by atoms with Crippen LogP contribution >= 0.6 is 0 Å². The molecule has 0 bridgehead atoms. The van der Waals surface area contributed by atoms with Gasteiger partial charge in [0.05, 0.1) is 25.5 Å². The van der Waals surface area contributed by atoms with Gasteiger partial charge in [-0.2, -0.15) is 5.10 Å². The third-order valence-electron chi connectivity index (χ3n) is 3.78. The highest BCUT2D eigenvalue weighted by Crippen LogP contribution is 2.21. The molecule has 1 aliphatic rings. The van der Waals surface area contributed by atoms with E-state index in [1.54, 1.807) is 7.11 Å². The third kappa shape index (κ3) is 4.16. The Bertz CT molecular complexity index is 442. The summed E-state index contributed by atoms with van der Waals surface area (Å²) in [6, 6.07) is 0. The number of aliphatic hydroxyl groups is 1. The van der Waals surface area contributed by atoms with Crippen molar-refractivity contribution in [2.24, 2.45) is 0 Å².